The number of hydrogen-bond donors (Lipinski definition) is 3. The summed E-state index contributed by atoms with van der Waals surface area (Å²) in [6.45, 7) is 1.34. The monoisotopic (exact) mass is 370 g/mol. The Morgan fingerprint density at radius 3 is 3.15 bits per heavy atom. The number of hydrogen-bond acceptors (Lipinski definition) is 3. The molecule has 0 radical (unpaired) electrons. The third-order valence-electron chi connectivity index (χ3n) is 4.22. The second kappa shape index (κ2) is 7.17. The fourth-order valence-corrected chi connectivity index (χ4v) is 3.66. The number of nitrogens with zero attached hydrogens (tertiary/aromatic N) is 3. The maximum absolute atomic E-state index is 13.3. The third kappa shape index (κ3) is 3.41. The van der Waals surface area contributed by atoms with Gasteiger partial charge in [0.05, 0.1) is 12.2 Å². The van der Waals surface area contributed by atoms with Crippen LogP contribution in [0.1, 0.15) is 11.3 Å². The Morgan fingerprint density at radius 2 is 2.31 bits per heavy atom. The highest BCUT2D eigenvalue weighted by molar-refractivity contribution is 7.15. The molecule has 3 heterocycles. The van der Waals surface area contributed by atoms with E-state index in [0.717, 1.165) is 46.0 Å². The summed E-state index contributed by atoms with van der Waals surface area (Å²) in [6, 6.07) is 4.82. The molecule has 0 fully saturated rings. The van der Waals surface area contributed by atoms with Gasteiger partial charge in [0.2, 0.25) is 0 Å². The van der Waals surface area contributed by atoms with Crippen molar-refractivity contribution in [3.8, 4) is 0 Å². The summed E-state index contributed by atoms with van der Waals surface area (Å²) < 4.78 is 15.3. The van der Waals surface area contributed by atoms with Crippen LogP contribution < -0.4 is 10.6 Å². The van der Waals surface area contributed by atoms with Crippen LogP contribution in [-0.2, 0) is 13.0 Å². The van der Waals surface area contributed by atoms with Crippen molar-refractivity contribution in [3.63, 3.8) is 0 Å². The van der Waals surface area contributed by atoms with Crippen molar-refractivity contribution >= 4 is 33.2 Å². The molecule has 8 heteroatoms. The first kappa shape index (κ1) is 16.6. The molecule has 0 aliphatic carbocycles. The minimum atomic E-state index is -0.229. The van der Waals surface area contributed by atoms with Crippen LogP contribution in [-0.4, -0.2) is 33.9 Å². The van der Waals surface area contributed by atoms with Gasteiger partial charge in [0.25, 0.3) is 0 Å². The lowest BCUT2D eigenvalue weighted by molar-refractivity contribution is 0.629. The molecule has 0 amide bonds. The number of aliphatic imine (C=N–C) groups is 1. The number of H-pyrrole nitrogens is 1. The molecule has 4 rings (SSSR count). The van der Waals surface area contributed by atoms with Crippen molar-refractivity contribution < 1.29 is 4.39 Å². The van der Waals surface area contributed by atoms with Crippen molar-refractivity contribution in [2.75, 3.05) is 13.6 Å². The number of guanidine groups is 1. The second-order valence-electron chi connectivity index (χ2n) is 5.93. The molecular weight excluding hydrogens is 351 g/mol. The number of fused-ring (bicyclic) bond motifs is 2. The van der Waals surface area contributed by atoms with Crippen LogP contribution in [0.25, 0.3) is 15.9 Å². The number of aromatic nitrogens is 3. The molecule has 26 heavy (non-hydrogen) atoms. The molecule has 0 aliphatic heterocycles. The Kier molecular flexibility index (Phi) is 4.57. The summed E-state index contributed by atoms with van der Waals surface area (Å²) in [4.78, 5) is 12.9. The molecule has 3 aromatic heterocycles. The van der Waals surface area contributed by atoms with Crippen LogP contribution >= 0.6 is 11.3 Å². The average Bonchev–Trinajstić information content (AvgIpc) is 3.32. The van der Waals surface area contributed by atoms with Crippen molar-refractivity contribution in [2.24, 2.45) is 4.99 Å². The van der Waals surface area contributed by atoms with Crippen molar-refractivity contribution in [2.45, 2.75) is 13.0 Å². The van der Waals surface area contributed by atoms with E-state index in [9.17, 15) is 4.39 Å². The summed E-state index contributed by atoms with van der Waals surface area (Å²) in [5.74, 6) is 0.500. The minimum absolute atomic E-state index is 0.229. The van der Waals surface area contributed by atoms with Gasteiger partial charge in [-0.05, 0) is 30.2 Å². The third-order valence-corrected chi connectivity index (χ3v) is 4.99. The fraction of sp³-hybridized carbons (Fsp3) is 0.222. The Hall–Kier alpha value is -2.87. The summed E-state index contributed by atoms with van der Waals surface area (Å²) in [5, 5.41) is 9.64. The highest BCUT2D eigenvalue weighted by Crippen LogP contribution is 2.19. The quantitative estimate of drug-likeness (QED) is 0.374. The summed E-state index contributed by atoms with van der Waals surface area (Å²) in [6.07, 6.45) is 6.75. The highest BCUT2D eigenvalue weighted by atomic mass is 32.1. The zero-order valence-corrected chi connectivity index (χ0v) is 15.1. The second-order valence-corrected chi connectivity index (χ2v) is 6.80. The fourth-order valence-electron chi connectivity index (χ4n) is 2.94. The average molecular weight is 370 g/mol. The molecule has 6 nitrogen and oxygen atoms in total. The van der Waals surface area contributed by atoms with Gasteiger partial charge in [-0.1, -0.05) is 0 Å². The normalized spacial score (nSPS) is 12.2. The van der Waals surface area contributed by atoms with E-state index in [1.807, 2.05) is 34.4 Å². The Labute approximate surface area is 153 Å². The zero-order valence-electron chi connectivity index (χ0n) is 14.3. The number of rotatable bonds is 5. The number of benzene rings is 1. The zero-order chi connectivity index (χ0) is 17.9. The number of aromatic amines is 1. The molecular formula is C18H19FN6S. The molecule has 0 saturated carbocycles. The van der Waals surface area contributed by atoms with Gasteiger partial charge in [-0.25, -0.2) is 9.37 Å². The van der Waals surface area contributed by atoms with Gasteiger partial charge in [0.1, 0.15) is 5.82 Å². The van der Waals surface area contributed by atoms with Crippen LogP contribution in [0.3, 0.4) is 0 Å². The van der Waals surface area contributed by atoms with E-state index in [4.69, 9.17) is 0 Å². The highest BCUT2D eigenvalue weighted by Gasteiger charge is 2.06. The van der Waals surface area contributed by atoms with E-state index in [2.05, 4.69) is 25.6 Å². The molecule has 4 aromatic rings. The van der Waals surface area contributed by atoms with Crippen LogP contribution in [0.2, 0.25) is 0 Å². The molecule has 0 unspecified atom stereocenters. The van der Waals surface area contributed by atoms with E-state index in [0.29, 0.717) is 6.54 Å². The van der Waals surface area contributed by atoms with E-state index in [1.165, 1.54) is 12.1 Å². The number of halogens is 1. The first-order valence-electron chi connectivity index (χ1n) is 8.34. The maximum Gasteiger partial charge on any atom is 0.193 e. The van der Waals surface area contributed by atoms with Gasteiger partial charge >= 0.3 is 0 Å². The van der Waals surface area contributed by atoms with Crippen molar-refractivity contribution in [3.05, 3.63) is 59.2 Å². The number of nitrogens with one attached hydrogen (secondary N) is 3. The van der Waals surface area contributed by atoms with E-state index >= 15 is 0 Å². The maximum atomic E-state index is 13.3. The van der Waals surface area contributed by atoms with Crippen LogP contribution in [0.15, 0.2) is 47.2 Å². The van der Waals surface area contributed by atoms with E-state index in [-0.39, 0.29) is 5.82 Å². The lowest BCUT2D eigenvalue weighted by Crippen LogP contribution is -2.37. The molecule has 0 saturated heterocycles. The minimum Gasteiger partial charge on any atom is -0.361 e. The molecule has 0 atom stereocenters. The molecule has 0 bridgehead atoms. The topological polar surface area (TPSA) is 69.5 Å². The summed E-state index contributed by atoms with van der Waals surface area (Å²) >= 11 is 1.61. The van der Waals surface area contributed by atoms with Gasteiger partial charge in [0.15, 0.2) is 10.9 Å². The Balaban J connectivity index is 1.31. The van der Waals surface area contributed by atoms with Gasteiger partial charge < -0.3 is 15.6 Å². The van der Waals surface area contributed by atoms with Gasteiger partial charge in [-0.2, -0.15) is 0 Å². The van der Waals surface area contributed by atoms with E-state index < -0.39 is 0 Å². The van der Waals surface area contributed by atoms with Crippen molar-refractivity contribution in [1.29, 1.82) is 0 Å². The van der Waals surface area contributed by atoms with Gasteiger partial charge in [0, 0.05) is 48.5 Å². The number of thiazole rings is 1. The SMILES string of the molecule is CN=C(NCCc1c[nH]c2cc(F)ccc12)NCc1cn2ccsc2n1. The lowest BCUT2D eigenvalue weighted by Gasteiger charge is -2.10. The summed E-state index contributed by atoms with van der Waals surface area (Å²) in [7, 11) is 1.75. The summed E-state index contributed by atoms with van der Waals surface area (Å²) in [5.41, 5.74) is 2.94. The predicted octanol–water partition coefficient (Wildman–Crippen LogP) is 2.92. The first-order valence-corrected chi connectivity index (χ1v) is 9.22. The Morgan fingerprint density at radius 1 is 1.38 bits per heavy atom. The molecule has 0 aliphatic rings. The largest absolute Gasteiger partial charge is 0.361 e. The molecule has 1 aromatic carbocycles. The first-order chi connectivity index (χ1) is 12.7. The van der Waals surface area contributed by atoms with Crippen LogP contribution in [0, 0.1) is 5.82 Å². The van der Waals surface area contributed by atoms with E-state index in [1.54, 1.807) is 18.4 Å². The van der Waals surface area contributed by atoms with Crippen LogP contribution in [0.5, 0.6) is 0 Å². The predicted molar refractivity (Wildman–Crippen MR) is 103 cm³/mol. The molecule has 3 N–H and O–H groups in total. The van der Waals surface area contributed by atoms with Crippen LogP contribution in [0.4, 0.5) is 4.39 Å². The molecule has 0 spiro atoms. The Bertz CT molecular complexity index is 1030. The standard InChI is InChI=1S/C18H19FN6S/c1-20-17(23-10-14-11-25-6-7-26-18(25)24-14)21-5-4-12-9-22-16-8-13(19)2-3-15(12)16/h2-3,6-9,11,22H,4-5,10H2,1H3,(H2,20,21,23). The smallest absolute Gasteiger partial charge is 0.193 e. The lowest BCUT2D eigenvalue weighted by atomic mass is 10.1. The van der Waals surface area contributed by atoms with Gasteiger partial charge in [-0.3, -0.25) is 9.39 Å². The van der Waals surface area contributed by atoms with Gasteiger partial charge in [-0.15, -0.1) is 11.3 Å². The number of imidazole rings is 1. The van der Waals surface area contributed by atoms with Crippen molar-refractivity contribution in [1.82, 2.24) is 25.0 Å². The molecule has 134 valence electrons.